The Morgan fingerprint density at radius 3 is 1.08 bits per heavy atom. The zero-order chi connectivity index (χ0) is 10.2. The molecule has 0 spiro atoms. The van der Waals surface area contributed by atoms with Crippen molar-refractivity contribution in [2.75, 3.05) is 0 Å². The maximum Gasteiger partial charge on any atom is 0.0471 e. The van der Waals surface area contributed by atoms with Gasteiger partial charge in [0, 0.05) is 23.2 Å². The number of hydrogen-bond acceptors (Lipinski definition) is 4. The van der Waals surface area contributed by atoms with E-state index in [1.165, 1.54) is 0 Å². The van der Waals surface area contributed by atoms with Crippen molar-refractivity contribution in [3.63, 3.8) is 0 Å². The van der Waals surface area contributed by atoms with Crippen LogP contribution >= 0.6 is 0 Å². The maximum absolute atomic E-state index is 6.01. The van der Waals surface area contributed by atoms with Gasteiger partial charge in [-0.2, -0.15) is 0 Å². The molecular weight excluding hydrogens is 152 g/mol. The van der Waals surface area contributed by atoms with Gasteiger partial charge in [0.05, 0.1) is 0 Å². The van der Waals surface area contributed by atoms with Crippen LogP contribution < -0.4 is 22.9 Å². The van der Waals surface area contributed by atoms with Gasteiger partial charge in [-0.25, -0.2) is 0 Å². The second-order valence-corrected chi connectivity index (χ2v) is 4.14. The summed E-state index contributed by atoms with van der Waals surface area (Å²) in [6, 6.07) is -0.364. The largest absolute Gasteiger partial charge is 0.326 e. The highest BCUT2D eigenvalue weighted by molar-refractivity contribution is 5.09. The predicted molar refractivity (Wildman–Crippen MR) is 52.5 cm³/mol. The summed E-state index contributed by atoms with van der Waals surface area (Å²) >= 11 is 0. The van der Waals surface area contributed by atoms with E-state index in [-0.39, 0.29) is 12.1 Å². The number of hydrogen-bond donors (Lipinski definition) is 4. The van der Waals surface area contributed by atoms with Crippen LogP contribution in [-0.4, -0.2) is 23.2 Å². The van der Waals surface area contributed by atoms with Crippen molar-refractivity contribution in [2.45, 2.75) is 50.9 Å². The molecule has 4 unspecified atom stereocenters. The Bertz CT molecular complexity index is 131. The summed E-state index contributed by atoms with van der Waals surface area (Å²) in [7, 11) is 0. The standard InChI is InChI=1S/C8H22N4/c1-5(9)7(3,11)8(4,12)6(2)10/h5-6H,9-12H2,1-4H3. The monoisotopic (exact) mass is 174 g/mol. The van der Waals surface area contributed by atoms with Crippen molar-refractivity contribution in [1.82, 2.24) is 0 Å². The van der Waals surface area contributed by atoms with Crippen molar-refractivity contribution < 1.29 is 0 Å². The molecule has 0 amide bonds. The van der Waals surface area contributed by atoms with E-state index in [0.29, 0.717) is 0 Å². The van der Waals surface area contributed by atoms with Gasteiger partial charge >= 0.3 is 0 Å². The Labute approximate surface area is 74.7 Å². The van der Waals surface area contributed by atoms with E-state index in [4.69, 9.17) is 22.9 Å². The van der Waals surface area contributed by atoms with E-state index >= 15 is 0 Å². The minimum atomic E-state index is -0.652. The van der Waals surface area contributed by atoms with Crippen molar-refractivity contribution >= 4 is 0 Å². The Kier molecular flexibility index (Phi) is 3.25. The van der Waals surface area contributed by atoms with Gasteiger partial charge in [-0.1, -0.05) is 0 Å². The SMILES string of the molecule is CC(N)C(C)(N)C(C)(N)C(C)N. The summed E-state index contributed by atoms with van der Waals surface area (Å²) in [6.45, 7) is 7.35. The lowest BCUT2D eigenvalue weighted by atomic mass is 9.72. The molecule has 0 saturated carbocycles. The molecule has 4 atom stereocenters. The van der Waals surface area contributed by atoms with E-state index in [2.05, 4.69) is 0 Å². The van der Waals surface area contributed by atoms with Crippen molar-refractivity contribution in [1.29, 1.82) is 0 Å². The highest BCUT2D eigenvalue weighted by Gasteiger charge is 2.43. The molecule has 12 heavy (non-hydrogen) atoms. The first-order valence-corrected chi connectivity index (χ1v) is 4.23. The first kappa shape index (κ1) is 11.8. The highest BCUT2D eigenvalue weighted by atomic mass is 15.0. The zero-order valence-corrected chi connectivity index (χ0v) is 8.46. The molecule has 4 heteroatoms. The second kappa shape index (κ2) is 3.30. The Hall–Kier alpha value is -0.160. The molecule has 0 aliphatic heterocycles. The molecule has 0 aliphatic rings. The minimum Gasteiger partial charge on any atom is -0.326 e. The maximum atomic E-state index is 6.01. The van der Waals surface area contributed by atoms with Crippen LogP contribution in [0, 0.1) is 0 Å². The normalized spacial score (nSPS) is 27.0. The Balaban J connectivity index is 4.75. The molecule has 0 heterocycles. The van der Waals surface area contributed by atoms with Crippen LogP contribution in [0.4, 0.5) is 0 Å². The van der Waals surface area contributed by atoms with Gasteiger partial charge in [0.15, 0.2) is 0 Å². The summed E-state index contributed by atoms with van der Waals surface area (Å²) in [6.07, 6.45) is 0. The molecule has 0 radical (unpaired) electrons. The molecule has 0 fully saturated rings. The lowest BCUT2D eigenvalue weighted by molar-refractivity contribution is 0.197. The van der Waals surface area contributed by atoms with Gasteiger partial charge < -0.3 is 22.9 Å². The topological polar surface area (TPSA) is 104 Å². The average Bonchev–Trinajstić information content (AvgIpc) is 1.86. The molecular formula is C8H22N4. The summed E-state index contributed by atoms with van der Waals surface area (Å²) in [5.74, 6) is 0. The number of nitrogens with two attached hydrogens (primary N) is 4. The van der Waals surface area contributed by atoms with E-state index in [0.717, 1.165) is 0 Å². The fourth-order valence-corrected chi connectivity index (χ4v) is 0.981. The second-order valence-electron chi connectivity index (χ2n) is 4.14. The van der Waals surface area contributed by atoms with E-state index in [1.54, 1.807) is 0 Å². The van der Waals surface area contributed by atoms with Crippen LogP contribution in [0.25, 0.3) is 0 Å². The third-order valence-electron chi connectivity index (χ3n) is 3.05. The third kappa shape index (κ3) is 1.77. The molecule has 0 aromatic carbocycles. The van der Waals surface area contributed by atoms with Crippen LogP contribution in [0.3, 0.4) is 0 Å². The van der Waals surface area contributed by atoms with Gasteiger partial charge in [0.2, 0.25) is 0 Å². The highest BCUT2D eigenvalue weighted by Crippen LogP contribution is 2.21. The molecule has 0 aromatic rings. The van der Waals surface area contributed by atoms with Crippen molar-refractivity contribution in [2.24, 2.45) is 22.9 Å². The van der Waals surface area contributed by atoms with E-state index < -0.39 is 11.1 Å². The fourth-order valence-electron chi connectivity index (χ4n) is 0.981. The average molecular weight is 174 g/mol. The van der Waals surface area contributed by atoms with Crippen LogP contribution in [0.2, 0.25) is 0 Å². The molecule has 74 valence electrons. The van der Waals surface area contributed by atoms with Crippen molar-refractivity contribution in [3.8, 4) is 0 Å². The minimum absolute atomic E-state index is 0.182. The first-order valence-electron chi connectivity index (χ1n) is 4.23. The summed E-state index contributed by atoms with van der Waals surface area (Å²) in [5, 5.41) is 0. The third-order valence-corrected chi connectivity index (χ3v) is 3.05. The lowest BCUT2D eigenvalue weighted by Crippen LogP contribution is -2.75. The quantitative estimate of drug-likeness (QED) is 0.446. The van der Waals surface area contributed by atoms with Gasteiger partial charge in [-0.3, -0.25) is 0 Å². The molecule has 0 aromatic heterocycles. The molecule has 8 N–H and O–H groups in total. The summed E-state index contributed by atoms with van der Waals surface area (Å²) < 4.78 is 0. The molecule has 0 saturated heterocycles. The fraction of sp³-hybridized carbons (Fsp3) is 1.00. The molecule has 4 nitrogen and oxygen atoms in total. The van der Waals surface area contributed by atoms with E-state index in [1.807, 2.05) is 27.7 Å². The first-order chi connectivity index (χ1) is 5.14. The van der Waals surface area contributed by atoms with Gasteiger partial charge in [0.25, 0.3) is 0 Å². The summed E-state index contributed by atoms with van der Waals surface area (Å²) in [4.78, 5) is 0. The van der Waals surface area contributed by atoms with Crippen LogP contribution in [0.15, 0.2) is 0 Å². The zero-order valence-electron chi connectivity index (χ0n) is 8.46. The smallest absolute Gasteiger partial charge is 0.0471 e. The van der Waals surface area contributed by atoms with Crippen molar-refractivity contribution in [3.05, 3.63) is 0 Å². The predicted octanol–water partition coefficient (Wildman–Crippen LogP) is -0.884. The van der Waals surface area contributed by atoms with Gasteiger partial charge in [0.1, 0.15) is 0 Å². The Morgan fingerprint density at radius 2 is 1.00 bits per heavy atom. The van der Waals surface area contributed by atoms with Crippen LogP contribution in [-0.2, 0) is 0 Å². The lowest BCUT2D eigenvalue weighted by Gasteiger charge is -2.46. The molecule has 0 bridgehead atoms. The molecule has 0 rings (SSSR count). The van der Waals surface area contributed by atoms with Crippen LogP contribution in [0.1, 0.15) is 27.7 Å². The number of rotatable bonds is 3. The van der Waals surface area contributed by atoms with E-state index in [9.17, 15) is 0 Å². The van der Waals surface area contributed by atoms with Gasteiger partial charge in [-0.05, 0) is 27.7 Å². The molecule has 0 aliphatic carbocycles. The summed E-state index contributed by atoms with van der Waals surface area (Å²) in [5.41, 5.74) is 22.2. The van der Waals surface area contributed by atoms with Gasteiger partial charge in [-0.15, -0.1) is 0 Å². The van der Waals surface area contributed by atoms with Crippen LogP contribution in [0.5, 0.6) is 0 Å². The Morgan fingerprint density at radius 1 is 0.833 bits per heavy atom.